The third-order valence-corrected chi connectivity index (χ3v) is 3.18. The van der Waals surface area contributed by atoms with E-state index >= 15 is 0 Å². The van der Waals surface area contributed by atoms with E-state index < -0.39 is 0 Å². The maximum absolute atomic E-state index is 11.9. The molecular formula is C13H28N2O2. The third-order valence-electron chi connectivity index (χ3n) is 3.18. The second-order valence-corrected chi connectivity index (χ2v) is 5.71. The zero-order valence-electron chi connectivity index (χ0n) is 11.6. The molecule has 4 heteroatoms. The zero-order chi connectivity index (χ0) is 13.5. The van der Waals surface area contributed by atoms with Gasteiger partial charge in [-0.05, 0) is 24.3 Å². The molecule has 0 aromatic heterocycles. The van der Waals surface area contributed by atoms with Crippen molar-refractivity contribution in [3.05, 3.63) is 0 Å². The summed E-state index contributed by atoms with van der Waals surface area (Å²) in [5.74, 6) is 0.292. The topological polar surface area (TPSA) is 75.4 Å². The molecule has 0 aromatic carbocycles. The minimum Gasteiger partial charge on any atom is -0.396 e. The molecule has 1 amide bonds. The largest absolute Gasteiger partial charge is 0.396 e. The normalized spacial score (nSPS) is 15.4. The first-order chi connectivity index (χ1) is 7.85. The Morgan fingerprint density at radius 3 is 2.35 bits per heavy atom. The molecule has 0 rings (SSSR count). The predicted octanol–water partition coefficient (Wildman–Crippen LogP) is 1.27. The molecular weight excluding hydrogens is 216 g/mol. The lowest BCUT2D eigenvalue weighted by molar-refractivity contribution is -0.123. The summed E-state index contributed by atoms with van der Waals surface area (Å²) in [6.45, 7) is 8.87. The van der Waals surface area contributed by atoms with Crippen molar-refractivity contribution in [3.8, 4) is 0 Å². The van der Waals surface area contributed by atoms with Gasteiger partial charge in [0, 0.05) is 19.1 Å². The zero-order valence-corrected chi connectivity index (χ0v) is 11.6. The van der Waals surface area contributed by atoms with Crippen LogP contribution in [-0.4, -0.2) is 30.2 Å². The van der Waals surface area contributed by atoms with E-state index in [0.29, 0.717) is 19.4 Å². The van der Waals surface area contributed by atoms with Crippen LogP contribution < -0.4 is 11.1 Å². The summed E-state index contributed by atoms with van der Waals surface area (Å²) in [6.07, 6.45) is 1.99. The Kier molecular flexibility index (Phi) is 7.39. The molecule has 0 saturated heterocycles. The van der Waals surface area contributed by atoms with E-state index in [1.807, 2.05) is 6.92 Å². The number of hydrogen-bond acceptors (Lipinski definition) is 3. The van der Waals surface area contributed by atoms with Gasteiger partial charge in [0.1, 0.15) is 0 Å². The van der Waals surface area contributed by atoms with Gasteiger partial charge in [0.15, 0.2) is 0 Å². The number of amides is 1. The van der Waals surface area contributed by atoms with E-state index in [2.05, 4.69) is 26.1 Å². The monoisotopic (exact) mass is 244 g/mol. The van der Waals surface area contributed by atoms with Crippen molar-refractivity contribution in [1.82, 2.24) is 5.32 Å². The lowest BCUT2D eigenvalue weighted by Crippen LogP contribution is -2.45. The van der Waals surface area contributed by atoms with Crippen molar-refractivity contribution in [1.29, 1.82) is 0 Å². The van der Waals surface area contributed by atoms with Gasteiger partial charge in [-0.3, -0.25) is 4.79 Å². The molecule has 4 nitrogen and oxygen atoms in total. The molecule has 0 aromatic rings. The Labute approximate surface area is 105 Å². The van der Waals surface area contributed by atoms with Gasteiger partial charge >= 0.3 is 0 Å². The lowest BCUT2D eigenvalue weighted by atomic mass is 9.84. The maximum atomic E-state index is 11.9. The molecule has 0 aliphatic rings. The first kappa shape index (κ1) is 16.4. The van der Waals surface area contributed by atoms with Crippen LogP contribution in [0.5, 0.6) is 0 Å². The maximum Gasteiger partial charge on any atom is 0.220 e. The molecule has 4 N–H and O–H groups in total. The molecule has 0 aliphatic heterocycles. The Hall–Kier alpha value is -0.610. The van der Waals surface area contributed by atoms with Gasteiger partial charge in [-0.25, -0.2) is 0 Å². The van der Waals surface area contributed by atoms with Gasteiger partial charge in [0.2, 0.25) is 5.91 Å². The first-order valence-electron chi connectivity index (χ1n) is 6.45. The molecule has 0 bridgehead atoms. The average Bonchev–Trinajstić information content (AvgIpc) is 2.24. The smallest absolute Gasteiger partial charge is 0.220 e. The van der Waals surface area contributed by atoms with E-state index in [0.717, 1.165) is 6.42 Å². The van der Waals surface area contributed by atoms with Crippen LogP contribution in [0.4, 0.5) is 0 Å². The SMILES string of the molecule is CCC(CN)CC(=O)NC(CCO)C(C)(C)C. The van der Waals surface area contributed by atoms with Crippen LogP contribution in [0.2, 0.25) is 0 Å². The summed E-state index contributed by atoms with van der Waals surface area (Å²) in [5.41, 5.74) is 5.55. The Morgan fingerprint density at radius 1 is 1.41 bits per heavy atom. The van der Waals surface area contributed by atoms with Crippen molar-refractivity contribution >= 4 is 5.91 Å². The number of carbonyl (C=O) groups excluding carboxylic acids is 1. The molecule has 0 saturated carbocycles. The van der Waals surface area contributed by atoms with Gasteiger partial charge in [-0.15, -0.1) is 0 Å². The highest BCUT2D eigenvalue weighted by atomic mass is 16.3. The van der Waals surface area contributed by atoms with E-state index in [4.69, 9.17) is 10.8 Å². The second kappa shape index (κ2) is 7.67. The molecule has 0 aliphatic carbocycles. The van der Waals surface area contributed by atoms with E-state index in [1.54, 1.807) is 0 Å². The predicted molar refractivity (Wildman–Crippen MR) is 70.5 cm³/mol. The van der Waals surface area contributed by atoms with Gasteiger partial charge in [0.05, 0.1) is 0 Å². The van der Waals surface area contributed by atoms with E-state index in [1.165, 1.54) is 0 Å². The van der Waals surface area contributed by atoms with Crippen molar-refractivity contribution in [2.75, 3.05) is 13.2 Å². The highest BCUT2D eigenvalue weighted by Gasteiger charge is 2.26. The Morgan fingerprint density at radius 2 is 2.00 bits per heavy atom. The summed E-state index contributed by atoms with van der Waals surface area (Å²) < 4.78 is 0. The summed E-state index contributed by atoms with van der Waals surface area (Å²) in [4.78, 5) is 11.9. The summed E-state index contributed by atoms with van der Waals surface area (Å²) in [5, 5.41) is 12.0. The number of hydrogen-bond donors (Lipinski definition) is 3. The quantitative estimate of drug-likeness (QED) is 0.631. The number of aliphatic hydroxyl groups is 1. The molecule has 0 radical (unpaired) electrons. The number of rotatable bonds is 7. The molecule has 17 heavy (non-hydrogen) atoms. The van der Waals surface area contributed by atoms with Crippen molar-refractivity contribution < 1.29 is 9.90 Å². The van der Waals surface area contributed by atoms with Crippen LogP contribution in [0.15, 0.2) is 0 Å². The van der Waals surface area contributed by atoms with Crippen LogP contribution in [0.1, 0.15) is 47.0 Å². The van der Waals surface area contributed by atoms with Crippen LogP contribution in [0.25, 0.3) is 0 Å². The van der Waals surface area contributed by atoms with Crippen molar-refractivity contribution in [3.63, 3.8) is 0 Å². The minimum atomic E-state index is -0.0389. The third kappa shape index (κ3) is 6.64. The molecule has 2 unspecified atom stereocenters. The highest BCUT2D eigenvalue weighted by molar-refractivity contribution is 5.76. The van der Waals surface area contributed by atoms with Crippen molar-refractivity contribution in [2.45, 2.75) is 53.0 Å². The number of carbonyl (C=O) groups is 1. The summed E-state index contributed by atoms with van der Waals surface area (Å²) >= 11 is 0. The molecule has 0 spiro atoms. The molecule has 2 atom stereocenters. The fourth-order valence-corrected chi connectivity index (χ4v) is 1.76. The van der Waals surface area contributed by atoms with Crippen LogP contribution in [-0.2, 0) is 4.79 Å². The minimum absolute atomic E-state index is 0.00952. The van der Waals surface area contributed by atoms with Crippen LogP contribution in [0.3, 0.4) is 0 Å². The average molecular weight is 244 g/mol. The van der Waals surface area contributed by atoms with Gasteiger partial charge in [-0.2, -0.15) is 0 Å². The van der Waals surface area contributed by atoms with Crippen molar-refractivity contribution in [2.24, 2.45) is 17.1 Å². The van der Waals surface area contributed by atoms with Gasteiger partial charge in [-0.1, -0.05) is 34.1 Å². The summed E-state index contributed by atoms with van der Waals surface area (Å²) in [7, 11) is 0. The lowest BCUT2D eigenvalue weighted by Gasteiger charge is -2.31. The van der Waals surface area contributed by atoms with Crippen LogP contribution in [0, 0.1) is 11.3 Å². The fraction of sp³-hybridized carbons (Fsp3) is 0.923. The van der Waals surface area contributed by atoms with Gasteiger partial charge < -0.3 is 16.2 Å². The molecule has 102 valence electrons. The fourth-order valence-electron chi connectivity index (χ4n) is 1.76. The highest BCUT2D eigenvalue weighted by Crippen LogP contribution is 2.22. The number of nitrogens with one attached hydrogen (secondary N) is 1. The van der Waals surface area contributed by atoms with Gasteiger partial charge in [0.25, 0.3) is 0 Å². The Bertz CT molecular complexity index is 220. The van der Waals surface area contributed by atoms with Crippen LogP contribution >= 0.6 is 0 Å². The second-order valence-electron chi connectivity index (χ2n) is 5.71. The first-order valence-corrected chi connectivity index (χ1v) is 6.45. The molecule has 0 fully saturated rings. The number of aliphatic hydroxyl groups excluding tert-OH is 1. The summed E-state index contributed by atoms with van der Waals surface area (Å²) in [6, 6.07) is 0.00952. The van der Waals surface area contributed by atoms with E-state index in [9.17, 15) is 4.79 Å². The number of nitrogens with two attached hydrogens (primary N) is 1. The Balaban J connectivity index is 4.31. The standard InChI is InChI=1S/C13H28N2O2/c1-5-10(9-14)8-12(17)15-11(6-7-16)13(2,3)4/h10-11,16H,5-9,14H2,1-4H3,(H,15,17). The molecule has 0 heterocycles. The van der Waals surface area contributed by atoms with E-state index in [-0.39, 0.29) is 29.9 Å².